The van der Waals surface area contributed by atoms with Gasteiger partial charge in [-0.15, -0.1) is 0 Å². The van der Waals surface area contributed by atoms with Crippen molar-refractivity contribution in [3.05, 3.63) is 28.2 Å². The quantitative estimate of drug-likeness (QED) is 0.291. The minimum absolute atomic E-state index is 0.316. The van der Waals surface area contributed by atoms with Gasteiger partial charge >= 0.3 is 0 Å². The molecule has 0 radical (unpaired) electrons. The van der Waals surface area contributed by atoms with Crippen LogP contribution in [-0.4, -0.2) is 80.7 Å². The van der Waals surface area contributed by atoms with E-state index in [2.05, 4.69) is 20.5 Å². The number of halogens is 2. The van der Waals surface area contributed by atoms with Gasteiger partial charge in [0.2, 0.25) is 0 Å². The highest BCUT2D eigenvalue weighted by atomic mass is 35.5. The molecular formula is C20H32Cl2N4O3. The summed E-state index contributed by atoms with van der Waals surface area (Å²) in [4.78, 5) is 6.75. The van der Waals surface area contributed by atoms with Gasteiger partial charge in [0.25, 0.3) is 0 Å². The number of nitrogens with zero attached hydrogens (tertiary/aromatic N) is 2. The third kappa shape index (κ3) is 9.40. The molecule has 0 aliphatic carbocycles. The molecule has 2 rings (SSSR count). The fourth-order valence-corrected chi connectivity index (χ4v) is 3.40. The first-order chi connectivity index (χ1) is 13.9. The molecular weight excluding hydrogens is 415 g/mol. The van der Waals surface area contributed by atoms with E-state index >= 15 is 0 Å². The van der Waals surface area contributed by atoms with Gasteiger partial charge in [0.15, 0.2) is 5.96 Å². The van der Waals surface area contributed by atoms with Crippen LogP contribution in [0, 0.1) is 0 Å². The largest absolute Gasteiger partial charge is 0.492 e. The lowest BCUT2D eigenvalue weighted by Crippen LogP contribution is -2.48. The molecule has 1 heterocycles. The normalized spacial score (nSPS) is 17.6. The van der Waals surface area contributed by atoms with E-state index in [-0.39, 0.29) is 0 Å². The summed E-state index contributed by atoms with van der Waals surface area (Å²) in [6.45, 7) is 9.78. The van der Waals surface area contributed by atoms with Crippen molar-refractivity contribution < 1.29 is 14.6 Å². The van der Waals surface area contributed by atoms with Gasteiger partial charge in [-0.25, -0.2) is 0 Å². The molecule has 1 aliphatic rings. The van der Waals surface area contributed by atoms with Crippen molar-refractivity contribution in [1.29, 1.82) is 0 Å². The zero-order valence-corrected chi connectivity index (χ0v) is 18.7. The molecule has 1 unspecified atom stereocenters. The zero-order valence-electron chi connectivity index (χ0n) is 17.2. The van der Waals surface area contributed by atoms with E-state index in [1.807, 2.05) is 13.8 Å². The van der Waals surface area contributed by atoms with Crippen molar-refractivity contribution in [2.75, 3.05) is 59.1 Å². The first-order valence-corrected chi connectivity index (χ1v) is 10.8. The Morgan fingerprint density at radius 3 is 2.76 bits per heavy atom. The monoisotopic (exact) mass is 446 g/mol. The van der Waals surface area contributed by atoms with E-state index in [4.69, 9.17) is 32.7 Å². The van der Waals surface area contributed by atoms with Crippen LogP contribution in [0.3, 0.4) is 0 Å². The molecule has 164 valence electrons. The molecule has 7 nitrogen and oxygen atoms in total. The van der Waals surface area contributed by atoms with Gasteiger partial charge in [0.1, 0.15) is 5.75 Å². The minimum atomic E-state index is -0.895. The number of ether oxygens (including phenoxy) is 2. The number of aliphatic hydroxyl groups is 1. The fourth-order valence-electron chi connectivity index (χ4n) is 2.94. The van der Waals surface area contributed by atoms with Crippen molar-refractivity contribution in [2.24, 2.45) is 4.99 Å². The lowest BCUT2D eigenvalue weighted by atomic mass is 10.1. The molecule has 1 atom stereocenters. The van der Waals surface area contributed by atoms with Crippen LogP contribution in [0.25, 0.3) is 0 Å². The van der Waals surface area contributed by atoms with Gasteiger partial charge in [-0.3, -0.25) is 9.89 Å². The molecule has 9 heteroatoms. The Kier molecular flexibility index (Phi) is 10.3. The van der Waals surface area contributed by atoms with Gasteiger partial charge in [-0.2, -0.15) is 0 Å². The summed E-state index contributed by atoms with van der Waals surface area (Å²) in [6.07, 6.45) is 0.771. The van der Waals surface area contributed by atoms with Gasteiger partial charge in [0.05, 0.1) is 37.0 Å². The van der Waals surface area contributed by atoms with E-state index < -0.39 is 5.60 Å². The summed E-state index contributed by atoms with van der Waals surface area (Å²) in [7, 11) is 0. The highest BCUT2D eigenvalue weighted by Gasteiger charge is 2.25. The standard InChI is InChI=1S/C20H32Cl2N4O3/c1-3-23-19(25-14-20(2,27)15-26-8-11-28-12-9-26)24-7-4-10-29-18-6-5-16(21)13-17(18)22/h5-6,13,27H,3-4,7-12,14-15H2,1-2H3,(H2,23,24,25). The van der Waals surface area contributed by atoms with Crippen LogP contribution >= 0.6 is 23.2 Å². The summed E-state index contributed by atoms with van der Waals surface area (Å²) in [5.74, 6) is 1.30. The summed E-state index contributed by atoms with van der Waals surface area (Å²) in [5.41, 5.74) is -0.895. The Balaban J connectivity index is 1.73. The summed E-state index contributed by atoms with van der Waals surface area (Å²) < 4.78 is 11.0. The Morgan fingerprint density at radius 1 is 1.31 bits per heavy atom. The number of guanidine groups is 1. The first kappa shape index (κ1) is 24.0. The molecule has 0 saturated carbocycles. The molecule has 0 aromatic heterocycles. The predicted molar refractivity (Wildman–Crippen MR) is 118 cm³/mol. The van der Waals surface area contributed by atoms with Crippen LogP contribution in [0.1, 0.15) is 20.3 Å². The molecule has 1 aromatic rings. The summed E-state index contributed by atoms with van der Waals surface area (Å²) in [6, 6.07) is 5.18. The van der Waals surface area contributed by atoms with Crippen molar-refractivity contribution in [3.8, 4) is 5.75 Å². The van der Waals surface area contributed by atoms with E-state index in [1.165, 1.54) is 0 Å². The number of aliphatic imine (C=N–C) groups is 1. The number of rotatable bonds is 10. The van der Waals surface area contributed by atoms with E-state index in [1.54, 1.807) is 18.2 Å². The molecule has 1 aromatic carbocycles. The highest BCUT2D eigenvalue weighted by Crippen LogP contribution is 2.27. The molecule has 29 heavy (non-hydrogen) atoms. The molecule has 1 fully saturated rings. The lowest BCUT2D eigenvalue weighted by Gasteiger charge is -2.33. The second-order valence-corrected chi connectivity index (χ2v) is 8.13. The van der Waals surface area contributed by atoms with Crippen LogP contribution < -0.4 is 15.4 Å². The van der Waals surface area contributed by atoms with Crippen LogP contribution in [-0.2, 0) is 4.74 Å². The molecule has 0 spiro atoms. The number of nitrogens with one attached hydrogen (secondary N) is 2. The molecule has 0 amide bonds. The predicted octanol–water partition coefficient (Wildman–Crippen LogP) is 2.40. The first-order valence-electron chi connectivity index (χ1n) is 10.0. The second kappa shape index (κ2) is 12.4. The average molecular weight is 447 g/mol. The second-order valence-electron chi connectivity index (χ2n) is 7.28. The van der Waals surface area contributed by atoms with Gasteiger partial charge < -0.3 is 25.2 Å². The molecule has 0 bridgehead atoms. The van der Waals surface area contributed by atoms with Crippen LogP contribution in [0.2, 0.25) is 10.0 Å². The van der Waals surface area contributed by atoms with E-state index in [0.29, 0.717) is 61.2 Å². The van der Waals surface area contributed by atoms with Crippen molar-refractivity contribution >= 4 is 29.2 Å². The van der Waals surface area contributed by atoms with E-state index in [0.717, 1.165) is 26.1 Å². The van der Waals surface area contributed by atoms with Gasteiger partial charge in [-0.1, -0.05) is 23.2 Å². The Labute approximate surface area is 183 Å². The van der Waals surface area contributed by atoms with Gasteiger partial charge in [0, 0.05) is 37.7 Å². The third-order valence-electron chi connectivity index (χ3n) is 4.36. The Hall–Kier alpha value is -1.25. The minimum Gasteiger partial charge on any atom is -0.492 e. The Bertz CT molecular complexity index is 653. The molecule has 3 N–H and O–H groups in total. The maximum atomic E-state index is 10.7. The van der Waals surface area contributed by atoms with Crippen LogP contribution in [0.15, 0.2) is 23.2 Å². The molecule has 1 saturated heterocycles. The number of hydrogen-bond acceptors (Lipinski definition) is 5. The number of benzene rings is 1. The fraction of sp³-hybridized carbons (Fsp3) is 0.650. The van der Waals surface area contributed by atoms with Crippen LogP contribution in [0.5, 0.6) is 5.75 Å². The summed E-state index contributed by atoms with van der Waals surface area (Å²) >= 11 is 12.0. The smallest absolute Gasteiger partial charge is 0.191 e. The maximum absolute atomic E-state index is 10.7. The maximum Gasteiger partial charge on any atom is 0.191 e. The zero-order chi connectivity index (χ0) is 21.1. The highest BCUT2D eigenvalue weighted by molar-refractivity contribution is 6.35. The van der Waals surface area contributed by atoms with Crippen LogP contribution in [0.4, 0.5) is 0 Å². The third-order valence-corrected chi connectivity index (χ3v) is 4.89. The number of hydrogen-bond donors (Lipinski definition) is 3. The Morgan fingerprint density at radius 2 is 2.07 bits per heavy atom. The van der Waals surface area contributed by atoms with E-state index in [9.17, 15) is 5.11 Å². The SMILES string of the molecule is CCNC(=NCC(C)(O)CN1CCOCC1)NCCCOc1ccc(Cl)cc1Cl. The lowest BCUT2D eigenvalue weighted by molar-refractivity contribution is -0.0180. The molecule has 1 aliphatic heterocycles. The number of morpholine rings is 1. The van der Waals surface area contributed by atoms with Gasteiger partial charge in [-0.05, 0) is 38.5 Å². The van der Waals surface area contributed by atoms with Crippen molar-refractivity contribution in [3.63, 3.8) is 0 Å². The van der Waals surface area contributed by atoms with Crippen molar-refractivity contribution in [2.45, 2.75) is 25.9 Å². The number of β-amino-alcohol motifs (C(OH)–C–C–N with tert-alkyl or cyclic N) is 1. The topological polar surface area (TPSA) is 78.4 Å². The average Bonchev–Trinajstić information content (AvgIpc) is 2.67. The summed E-state index contributed by atoms with van der Waals surface area (Å²) in [5, 5.41) is 18.2. The van der Waals surface area contributed by atoms with Crippen molar-refractivity contribution in [1.82, 2.24) is 15.5 Å².